The van der Waals surface area contributed by atoms with Crippen LogP contribution in [0.3, 0.4) is 0 Å². The molecule has 0 heterocycles. The van der Waals surface area contributed by atoms with Crippen molar-refractivity contribution in [1.29, 1.82) is 0 Å². The number of carbonyl (C=O) groups is 1. The van der Waals surface area contributed by atoms with E-state index in [9.17, 15) is 13.2 Å². The zero-order chi connectivity index (χ0) is 26.0. The van der Waals surface area contributed by atoms with Gasteiger partial charge in [-0.05, 0) is 73.2 Å². The fourth-order valence-electron chi connectivity index (χ4n) is 3.11. The molecule has 0 bridgehead atoms. The second-order valence-corrected chi connectivity index (χ2v) is 9.66. The number of carbonyl (C=O) groups excluding carboxylic acids is 1. The molecule has 0 spiro atoms. The lowest BCUT2D eigenvalue weighted by atomic mass is 10.2. The maximum atomic E-state index is 13.4. The summed E-state index contributed by atoms with van der Waals surface area (Å²) >= 11 is 5.92. The quantitative estimate of drug-likeness (QED) is 0.210. The molecule has 3 rings (SSSR count). The molecular formula is C26H26ClN3O5S. The first-order valence-corrected chi connectivity index (χ1v) is 12.8. The van der Waals surface area contributed by atoms with Crippen LogP contribution in [0.15, 0.2) is 95.4 Å². The van der Waals surface area contributed by atoms with Crippen LogP contribution in [0.2, 0.25) is 5.02 Å². The van der Waals surface area contributed by atoms with Gasteiger partial charge < -0.3 is 9.47 Å². The van der Waals surface area contributed by atoms with Gasteiger partial charge in [0.1, 0.15) is 24.7 Å². The van der Waals surface area contributed by atoms with E-state index in [1.54, 1.807) is 54.6 Å². The lowest BCUT2D eigenvalue weighted by molar-refractivity contribution is -0.119. The maximum Gasteiger partial charge on any atom is 0.264 e. The molecule has 0 aliphatic heterocycles. The van der Waals surface area contributed by atoms with Crippen LogP contribution < -0.4 is 19.2 Å². The minimum atomic E-state index is -4.09. The topological polar surface area (TPSA) is 97.3 Å². The number of anilines is 1. The molecule has 8 nitrogen and oxygen atoms in total. The zero-order valence-electron chi connectivity index (χ0n) is 19.6. The van der Waals surface area contributed by atoms with Gasteiger partial charge in [0, 0.05) is 5.02 Å². The third-order valence-electron chi connectivity index (χ3n) is 4.75. The second-order valence-electron chi connectivity index (χ2n) is 7.36. The number of amides is 1. The van der Waals surface area contributed by atoms with Gasteiger partial charge in [-0.2, -0.15) is 5.10 Å². The molecule has 0 atom stereocenters. The van der Waals surface area contributed by atoms with E-state index in [0.717, 1.165) is 4.31 Å². The Morgan fingerprint density at radius 3 is 2.44 bits per heavy atom. The van der Waals surface area contributed by atoms with Crippen molar-refractivity contribution in [2.45, 2.75) is 11.8 Å². The number of hydrazone groups is 1. The second kappa shape index (κ2) is 12.8. The van der Waals surface area contributed by atoms with Gasteiger partial charge in [0.15, 0.2) is 0 Å². The predicted molar refractivity (Wildman–Crippen MR) is 141 cm³/mol. The van der Waals surface area contributed by atoms with Crippen molar-refractivity contribution in [2.24, 2.45) is 5.10 Å². The number of sulfonamides is 1. The van der Waals surface area contributed by atoms with Crippen molar-refractivity contribution in [2.75, 3.05) is 24.1 Å². The molecule has 1 N–H and O–H groups in total. The van der Waals surface area contributed by atoms with Crippen LogP contribution in [0.5, 0.6) is 11.5 Å². The molecule has 0 unspecified atom stereocenters. The van der Waals surface area contributed by atoms with Crippen molar-refractivity contribution in [3.8, 4) is 11.5 Å². The number of nitrogens with one attached hydrogen (secondary N) is 1. The van der Waals surface area contributed by atoms with E-state index >= 15 is 0 Å². The van der Waals surface area contributed by atoms with Gasteiger partial charge in [0.2, 0.25) is 0 Å². The van der Waals surface area contributed by atoms with Crippen LogP contribution in [0.25, 0.3) is 0 Å². The number of ether oxygens (including phenoxy) is 2. The first-order valence-electron chi connectivity index (χ1n) is 11.0. The summed E-state index contributed by atoms with van der Waals surface area (Å²) in [5.74, 6) is 0.580. The minimum absolute atomic E-state index is 0.00609. The van der Waals surface area contributed by atoms with Gasteiger partial charge in [-0.1, -0.05) is 36.4 Å². The van der Waals surface area contributed by atoms with Gasteiger partial charge >= 0.3 is 0 Å². The first kappa shape index (κ1) is 26.8. The Morgan fingerprint density at radius 2 is 1.78 bits per heavy atom. The Morgan fingerprint density at radius 1 is 1.06 bits per heavy atom. The molecule has 188 valence electrons. The van der Waals surface area contributed by atoms with E-state index < -0.39 is 22.5 Å². The number of halogens is 1. The highest BCUT2D eigenvalue weighted by atomic mass is 35.5. The number of hydrogen-bond acceptors (Lipinski definition) is 6. The van der Waals surface area contributed by atoms with Gasteiger partial charge in [-0.15, -0.1) is 0 Å². The van der Waals surface area contributed by atoms with Crippen LogP contribution in [0.1, 0.15) is 12.5 Å². The zero-order valence-corrected chi connectivity index (χ0v) is 21.2. The molecule has 36 heavy (non-hydrogen) atoms. The van der Waals surface area contributed by atoms with Gasteiger partial charge in [0.05, 0.1) is 23.4 Å². The fraction of sp³-hybridized carbons (Fsp3) is 0.154. The number of rotatable bonds is 12. The van der Waals surface area contributed by atoms with Crippen molar-refractivity contribution in [1.82, 2.24) is 5.43 Å². The predicted octanol–water partition coefficient (Wildman–Crippen LogP) is 4.65. The highest BCUT2D eigenvalue weighted by Gasteiger charge is 2.27. The molecule has 10 heteroatoms. The third-order valence-corrected chi connectivity index (χ3v) is 6.79. The Labute approximate surface area is 215 Å². The van der Waals surface area contributed by atoms with Crippen LogP contribution in [-0.4, -0.2) is 40.3 Å². The van der Waals surface area contributed by atoms with Gasteiger partial charge in [-0.25, -0.2) is 13.8 Å². The average Bonchev–Trinajstić information content (AvgIpc) is 2.87. The summed E-state index contributed by atoms with van der Waals surface area (Å²) in [6.45, 7) is 5.78. The Hall–Kier alpha value is -3.82. The summed E-state index contributed by atoms with van der Waals surface area (Å²) in [5, 5.41) is 4.35. The van der Waals surface area contributed by atoms with Crippen molar-refractivity contribution in [3.63, 3.8) is 0 Å². The normalized spacial score (nSPS) is 11.2. The summed E-state index contributed by atoms with van der Waals surface area (Å²) in [7, 11) is -4.09. The largest absolute Gasteiger partial charge is 0.494 e. The summed E-state index contributed by atoms with van der Waals surface area (Å²) in [6, 6.07) is 19.3. The number of hydrogen-bond donors (Lipinski definition) is 1. The van der Waals surface area contributed by atoms with Crippen LogP contribution in [0, 0.1) is 0 Å². The molecule has 0 aliphatic rings. The van der Waals surface area contributed by atoms with E-state index in [1.807, 2.05) is 6.92 Å². The standard InChI is InChI=1S/C26H26ClN3O5S/c1-3-16-35-24-7-5-6-20(17-24)18-28-29-26(31)19-30(22-10-12-23(13-11-22)34-4-2)36(32,33)25-14-8-21(27)9-15-25/h3,5-15,17-18H,1,4,16,19H2,2H3,(H,29,31)/b28-18-. The van der Waals surface area contributed by atoms with Gasteiger partial charge in [0.25, 0.3) is 15.9 Å². The number of nitrogens with zero attached hydrogens (tertiary/aromatic N) is 2. The third kappa shape index (κ3) is 7.34. The minimum Gasteiger partial charge on any atom is -0.494 e. The molecule has 3 aromatic carbocycles. The average molecular weight is 528 g/mol. The Kier molecular flexibility index (Phi) is 9.49. The SMILES string of the molecule is C=CCOc1cccc(/C=N\NC(=O)CN(c2ccc(OCC)cc2)S(=O)(=O)c2ccc(Cl)cc2)c1. The summed E-state index contributed by atoms with van der Waals surface area (Å²) in [5.41, 5.74) is 3.36. The summed E-state index contributed by atoms with van der Waals surface area (Å²) in [4.78, 5) is 12.7. The monoisotopic (exact) mass is 527 g/mol. The lowest BCUT2D eigenvalue weighted by Gasteiger charge is -2.24. The molecule has 0 saturated heterocycles. The van der Waals surface area contributed by atoms with E-state index in [4.69, 9.17) is 21.1 Å². The van der Waals surface area contributed by atoms with Crippen molar-refractivity contribution in [3.05, 3.63) is 96.0 Å². The molecule has 0 saturated carbocycles. The molecular weight excluding hydrogens is 502 g/mol. The highest BCUT2D eigenvalue weighted by Crippen LogP contribution is 2.26. The number of benzene rings is 3. The molecule has 0 aromatic heterocycles. The Bertz CT molecular complexity index is 1310. The van der Waals surface area contributed by atoms with Crippen molar-refractivity contribution >= 4 is 39.4 Å². The molecule has 0 aliphatic carbocycles. The molecule has 1 amide bonds. The molecule has 3 aromatic rings. The summed E-state index contributed by atoms with van der Waals surface area (Å²) in [6.07, 6.45) is 3.07. The van der Waals surface area contributed by atoms with Crippen LogP contribution in [-0.2, 0) is 14.8 Å². The lowest BCUT2D eigenvalue weighted by Crippen LogP contribution is -2.39. The van der Waals surface area contributed by atoms with Crippen molar-refractivity contribution < 1.29 is 22.7 Å². The summed E-state index contributed by atoms with van der Waals surface area (Å²) < 4.78 is 38.8. The highest BCUT2D eigenvalue weighted by molar-refractivity contribution is 7.92. The molecule has 0 radical (unpaired) electrons. The van der Waals surface area contributed by atoms with E-state index in [-0.39, 0.29) is 4.90 Å². The van der Waals surface area contributed by atoms with E-state index in [2.05, 4.69) is 17.1 Å². The molecule has 0 fully saturated rings. The van der Waals surface area contributed by atoms with E-state index in [1.165, 1.54) is 30.5 Å². The first-order chi connectivity index (χ1) is 17.3. The smallest absolute Gasteiger partial charge is 0.264 e. The van der Waals surface area contributed by atoms with E-state index in [0.29, 0.717) is 41.0 Å². The Balaban J connectivity index is 1.79. The fourth-order valence-corrected chi connectivity index (χ4v) is 4.66. The maximum absolute atomic E-state index is 13.4. The van der Waals surface area contributed by atoms with Crippen LogP contribution >= 0.6 is 11.6 Å². The van der Waals surface area contributed by atoms with Gasteiger partial charge in [-0.3, -0.25) is 9.10 Å². The van der Waals surface area contributed by atoms with Crippen LogP contribution in [0.4, 0.5) is 5.69 Å².